The summed E-state index contributed by atoms with van der Waals surface area (Å²) >= 11 is 0. The van der Waals surface area contributed by atoms with Crippen LogP contribution in [0.4, 0.5) is 5.69 Å². The zero-order valence-corrected chi connectivity index (χ0v) is 17.7. The number of hydrogen-bond acceptors (Lipinski definition) is 4. The standard InChI is InChI=1S/C23H24N2O4S/c1-3-18-9-7-8-17(2)23(18)25-22(26)15-14-19-12-13-20(29-19)16-24-30(27,28)21-10-5-4-6-11-21/h4-15,24H,3,16H2,1-2H3,(H,25,26)/b15-14+. The summed E-state index contributed by atoms with van der Waals surface area (Å²) in [4.78, 5) is 12.5. The number of amides is 1. The van der Waals surface area contributed by atoms with Gasteiger partial charge in [0.25, 0.3) is 0 Å². The van der Waals surface area contributed by atoms with Gasteiger partial charge in [0, 0.05) is 11.8 Å². The Labute approximate surface area is 176 Å². The molecule has 0 aliphatic rings. The molecule has 0 bridgehead atoms. The van der Waals surface area contributed by atoms with Gasteiger partial charge in [-0.3, -0.25) is 4.79 Å². The SMILES string of the molecule is CCc1cccc(C)c1NC(=O)/C=C/c1ccc(CNS(=O)(=O)c2ccccc2)o1. The van der Waals surface area contributed by atoms with Crippen molar-refractivity contribution < 1.29 is 17.6 Å². The highest BCUT2D eigenvalue weighted by Crippen LogP contribution is 2.21. The van der Waals surface area contributed by atoms with Gasteiger partial charge >= 0.3 is 0 Å². The van der Waals surface area contributed by atoms with E-state index in [1.165, 1.54) is 18.2 Å². The number of furan rings is 1. The fraction of sp³-hybridized carbons (Fsp3) is 0.174. The Morgan fingerprint density at radius 2 is 1.80 bits per heavy atom. The van der Waals surface area contributed by atoms with Crippen LogP contribution in [0, 0.1) is 6.92 Å². The third-order valence-electron chi connectivity index (χ3n) is 4.56. The number of aryl methyl sites for hydroxylation is 2. The number of sulfonamides is 1. The quantitative estimate of drug-likeness (QED) is 0.528. The number of carbonyl (C=O) groups excluding carboxylic acids is 1. The summed E-state index contributed by atoms with van der Waals surface area (Å²) in [7, 11) is -3.61. The fourth-order valence-corrected chi connectivity index (χ4v) is 3.97. The zero-order chi connectivity index (χ0) is 21.6. The predicted molar refractivity (Wildman–Crippen MR) is 117 cm³/mol. The lowest BCUT2D eigenvalue weighted by atomic mass is 10.1. The van der Waals surface area contributed by atoms with Crippen molar-refractivity contribution in [1.82, 2.24) is 4.72 Å². The second-order valence-electron chi connectivity index (χ2n) is 6.73. The Morgan fingerprint density at radius 1 is 1.03 bits per heavy atom. The van der Waals surface area contributed by atoms with Crippen molar-refractivity contribution in [3.05, 3.63) is 89.4 Å². The highest BCUT2D eigenvalue weighted by atomic mass is 32.2. The molecule has 0 fully saturated rings. The van der Waals surface area contributed by atoms with E-state index in [0.29, 0.717) is 11.5 Å². The van der Waals surface area contributed by atoms with Crippen LogP contribution >= 0.6 is 0 Å². The first-order valence-electron chi connectivity index (χ1n) is 9.60. The Hall–Kier alpha value is -3.16. The third kappa shape index (κ3) is 5.46. The molecule has 0 aliphatic carbocycles. The summed E-state index contributed by atoms with van der Waals surface area (Å²) in [5, 5.41) is 2.91. The summed E-state index contributed by atoms with van der Waals surface area (Å²) in [6.07, 6.45) is 3.76. The van der Waals surface area contributed by atoms with Crippen molar-refractivity contribution in [3.8, 4) is 0 Å². The molecule has 1 aromatic heterocycles. The number of rotatable bonds is 8. The molecule has 30 heavy (non-hydrogen) atoms. The van der Waals surface area contributed by atoms with Gasteiger partial charge < -0.3 is 9.73 Å². The van der Waals surface area contributed by atoms with Crippen LogP contribution in [0.1, 0.15) is 29.6 Å². The van der Waals surface area contributed by atoms with Gasteiger partial charge in [0.05, 0.1) is 11.4 Å². The number of anilines is 1. The molecular formula is C23H24N2O4S. The molecule has 156 valence electrons. The summed E-state index contributed by atoms with van der Waals surface area (Å²) in [6, 6.07) is 17.4. The molecular weight excluding hydrogens is 400 g/mol. The molecule has 2 N–H and O–H groups in total. The number of hydrogen-bond donors (Lipinski definition) is 2. The molecule has 1 heterocycles. The first-order chi connectivity index (χ1) is 14.4. The van der Waals surface area contributed by atoms with Gasteiger partial charge in [-0.15, -0.1) is 0 Å². The Morgan fingerprint density at radius 3 is 2.53 bits per heavy atom. The van der Waals surface area contributed by atoms with Gasteiger partial charge in [0.2, 0.25) is 15.9 Å². The molecule has 7 heteroatoms. The van der Waals surface area contributed by atoms with E-state index in [0.717, 1.165) is 23.2 Å². The second-order valence-corrected chi connectivity index (χ2v) is 8.49. The van der Waals surface area contributed by atoms with Crippen LogP contribution in [0.3, 0.4) is 0 Å². The normalized spacial score (nSPS) is 11.7. The van der Waals surface area contributed by atoms with E-state index in [2.05, 4.69) is 10.0 Å². The van der Waals surface area contributed by atoms with E-state index in [-0.39, 0.29) is 17.3 Å². The maximum atomic E-state index is 12.3. The van der Waals surface area contributed by atoms with E-state index in [1.807, 2.05) is 32.0 Å². The van der Waals surface area contributed by atoms with Crippen LogP contribution in [0.2, 0.25) is 0 Å². The molecule has 6 nitrogen and oxygen atoms in total. The van der Waals surface area contributed by atoms with E-state index < -0.39 is 10.0 Å². The van der Waals surface area contributed by atoms with Crippen molar-refractivity contribution in [1.29, 1.82) is 0 Å². The van der Waals surface area contributed by atoms with Crippen LogP contribution in [-0.4, -0.2) is 14.3 Å². The highest BCUT2D eigenvalue weighted by molar-refractivity contribution is 7.89. The minimum atomic E-state index is -3.61. The van der Waals surface area contributed by atoms with Gasteiger partial charge in [-0.05, 0) is 54.8 Å². The molecule has 0 unspecified atom stereocenters. The maximum Gasteiger partial charge on any atom is 0.248 e. The maximum absolute atomic E-state index is 12.3. The van der Waals surface area contributed by atoms with E-state index in [4.69, 9.17) is 4.42 Å². The van der Waals surface area contributed by atoms with Gasteiger partial charge in [0.15, 0.2) is 0 Å². The van der Waals surface area contributed by atoms with Crippen LogP contribution < -0.4 is 10.0 Å². The van der Waals surface area contributed by atoms with E-state index in [1.54, 1.807) is 36.4 Å². The van der Waals surface area contributed by atoms with E-state index in [9.17, 15) is 13.2 Å². The Balaban J connectivity index is 1.60. The van der Waals surface area contributed by atoms with Crippen molar-refractivity contribution in [2.24, 2.45) is 0 Å². The van der Waals surface area contributed by atoms with Gasteiger partial charge in [-0.25, -0.2) is 13.1 Å². The smallest absolute Gasteiger partial charge is 0.248 e. The molecule has 0 atom stereocenters. The lowest BCUT2D eigenvalue weighted by molar-refractivity contribution is -0.111. The topological polar surface area (TPSA) is 88.4 Å². The van der Waals surface area contributed by atoms with Crippen molar-refractivity contribution in [2.75, 3.05) is 5.32 Å². The molecule has 3 rings (SSSR count). The summed E-state index contributed by atoms with van der Waals surface area (Å²) in [5.74, 6) is 0.642. The summed E-state index contributed by atoms with van der Waals surface area (Å²) < 4.78 is 32.6. The lowest BCUT2D eigenvalue weighted by Gasteiger charge is -2.11. The van der Waals surface area contributed by atoms with Crippen LogP contribution in [-0.2, 0) is 27.8 Å². The second kappa shape index (κ2) is 9.56. The molecule has 0 spiro atoms. The largest absolute Gasteiger partial charge is 0.460 e. The van der Waals surface area contributed by atoms with Crippen LogP contribution in [0.15, 0.2) is 76.1 Å². The number of carbonyl (C=O) groups is 1. The number of benzene rings is 2. The molecule has 3 aromatic rings. The first kappa shape index (κ1) is 21.5. The van der Waals surface area contributed by atoms with Gasteiger partial charge in [0.1, 0.15) is 11.5 Å². The number of para-hydroxylation sites is 1. The monoisotopic (exact) mass is 424 g/mol. The fourth-order valence-electron chi connectivity index (χ4n) is 2.95. The van der Waals surface area contributed by atoms with Crippen molar-refractivity contribution >= 4 is 27.7 Å². The van der Waals surface area contributed by atoms with Crippen molar-refractivity contribution in [3.63, 3.8) is 0 Å². The van der Waals surface area contributed by atoms with Gasteiger partial charge in [-0.2, -0.15) is 0 Å². The molecule has 0 aliphatic heterocycles. The average Bonchev–Trinajstić information content (AvgIpc) is 3.21. The molecule has 1 amide bonds. The van der Waals surface area contributed by atoms with Crippen LogP contribution in [0.25, 0.3) is 6.08 Å². The predicted octanol–water partition coefficient (Wildman–Crippen LogP) is 4.28. The first-order valence-corrected chi connectivity index (χ1v) is 11.1. The molecule has 0 radical (unpaired) electrons. The minimum absolute atomic E-state index is 0.0142. The molecule has 2 aromatic carbocycles. The Bertz CT molecular complexity index is 1150. The lowest BCUT2D eigenvalue weighted by Crippen LogP contribution is -2.22. The highest BCUT2D eigenvalue weighted by Gasteiger charge is 2.14. The average molecular weight is 425 g/mol. The molecule has 0 saturated carbocycles. The minimum Gasteiger partial charge on any atom is -0.460 e. The third-order valence-corrected chi connectivity index (χ3v) is 5.98. The summed E-state index contributed by atoms with van der Waals surface area (Å²) in [6.45, 7) is 4.00. The van der Waals surface area contributed by atoms with Crippen LogP contribution in [0.5, 0.6) is 0 Å². The van der Waals surface area contributed by atoms with Crippen molar-refractivity contribution in [2.45, 2.75) is 31.7 Å². The Kier molecular flexibility index (Phi) is 6.87. The zero-order valence-electron chi connectivity index (χ0n) is 16.9. The molecule has 0 saturated heterocycles. The summed E-state index contributed by atoms with van der Waals surface area (Å²) in [5.41, 5.74) is 2.90. The van der Waals surface area contributed by atoms with Gasteiger partial charge in [-0.1, -0.05) is 43.3 Å². The number of nitrogens with one attached hydrogen (secondary N) is 2. The van der Waals surface area contributed by atoms with E-state index >= 15 is 0 Å².